The third-order valence-electron chi connectivity index (χ3n) is 3.31. The second kappa shape index (κ2) is 5.82. The van der Waals surface area contributed by atoms with Crippen molar-refractivity contribution < 1.29 is 18.0 Å². The average molecular weight is 311 g/mol. The molecule has 2 N–H and O–H groups in total. The number of urea groups is 1. The highest BCUT2D eigenvalue weighted by Crippen LogP contribution is 2.15. The maximum atomic E-state index is 12.2. The standard InChI is InChI=1S/C13H17N3O4S/c1-15-9-12(17)16(13(15)18)5-6-21(19,20)11-4-2-3-10(7-11)8-14/h2-4,7H,5-6,8-9,14H2,1H3. The van der Waals surface area contributed by atoms with Crippen molar-refractivity contribution in [1.29, 1.82) is 0 Å². The number of carbonyl (C=O) groups is 2. The molecule has 3 amide bonds. The van der Waals surface area contributed by atoms with Gasteiger partial charge in [0.25, 0.3) is 0 Å². The van der Waals surface area contributed by atoms with Crippen LogP contribution in [-0.4, -0.2) is 56.0 Å². The highest BCUT2D eigenvalue weighted by molar-refractivity contribution is 7.91. The number of imide groups is 1. The first-order valence-electron chi connectivity index (χ1n) is 6.42. The first-order chi connectivity index (χ1) is 9.85. The van der Waals surface area contributed by atoms with Gasteiger partial charge in [-0.15, -0.1) is 0 Å². The monoisotopic (exact) mass is 311 g/mol. The number of carbonyl (C=O) groups excluding carboxylic acids is 2. The minimum Gasteiger partial charge on any atom is -0.326 e. The van der Waals surface area contributed by atoms with Crippen LogP contribution >= 0.6 is 0 Å². The van der Waals surface area contributed by atoms with Gasteiger partial charge in [0.05, 0.1) is 10.6 Å². The maximum Gasteiger partial charge on any atom is 0.326 e. The second-order valence-electron chi connectivity index (χ2n) is 4.85. The largest absolute Gasteiger partial charge is 0.326 e. The Hall–Kier alpha value is -1.93. The Morgan fingerprint density at radius 2 is 2.00 bits per heavy atom. The van der Waals surface area contributed by atoms with Gasteiger partial charge in [0.15, 0.2) is 9.84 Å². The van der Waals surface area contributed by atoms with E-state index < -0.39 is 15.9 Å². The second-order valence-corrected chi connectivity index (χ2v) is 6.96. The quantitative estimate of drug-likeness (QED) is 0.760. The lowest BCUT2D eigenvalue weighted by molar-refractivity contribution is -0.125. The van der Waals surface area contributed by atoms with Crippen molar-refractivity contribution in [3.8, 4) is 0 Å². The van der Waals surface area contributed by atoms with E-state index in [2.05, 4.69) is 0 Å². The molecule has 1 aliphatic rings. The lowest BCUT2D eigenvalue weighted by Gasteiger charge is -2.14. The molecule has 0 radical (unpaired) electrons. The van der Waals surface area contributed by atoms with Gasteiger partial charge < -0.3 is 10.6 Å². The van der Waals surface area contributed by atoms with Crippen molar-refractivity contribution >= 4 is 21.8 Å². The first-order valence-corrected chi connectivity index (χ1v) is 8.07. The third kappa shape index (κ3) is 3.22. The number of nitrogens with two attached hydrogens (primary N) is 1. The average Bonchev–Trinajstić information content (AvgIpc) is 2.70. The van der Waals surface area contributed by atoms with Crippen LogP contribution in [0, 0.1) is 0 Å². The Balaban J connectivity index is 2.11. The highest BCUT2D eigenvalue weighted by Gasteiger charge is 2.34. The molecule has 2 rings (SSSR count). The summed E-state index contributed by atoms with van der Waals surface area (Å²) in [5.74, 6) is -0.680. The van der Waals surface area contributed by atoms with Crippen LogP contribution in [0.15, 0.2) is 29.2 Å². The van der Waals surface area contributed by atoms with Crippen molar-refractivity contribution in [1.82, 2.24) is 9.80 Å². The minimum atomic E-state index is -3.56. The molecule has 21 heavy (non-hydrogen) atoms. The number of amides is 3. The van der Waals surface area contributed by atoms with Crippen LogP contribution in [0.5, 0.6) is 0 Å². The molecule has 1 fully saturated rings. The number of rotatable bonds is 5. The number of hydrogen-bond acceptors (Lipinski definition) is 5. The molecule has 1 heterocycles. The van der Waals surface area contributed by atoms with E-state index in [0.29, 0.717) is 5.56 Å². The molecule has 0 atom stereocenters. The van der Waals surface area contributed by atoms with E-state index in [1.807, 2.05) is 0 Å². The Kier molecular flexibility index (Phi) is 4.29. The third-order valence-corrected chi connectivity index (χ3v) is 5.00. The molecular formula is C13H17N3O4S. The van der Waals surface area contributed by atoms with Crippen LogP contribution in [0.25, 0.3) is 0 Å². The SMILES string of the molecule is CN1CC(=O)N(CCS(=O)(=O)c2cccc(CN)c2)C1=O. The van der Waals surface area contributed by atoms with Gasteiger partial charge >= 0.3 is 6.03 Å². The topological polar surface area (TPSA) is 101 Å². The van der Waals surface area contributed by atoms with E-state index in [-0.39, 0.29) is 36.2 Å². The predicted molar refractivity (Wildman–Crippen MR) is 76.1 cm³/mol. The normalized spacial score (nSPS) is 15.9. The molecule has 1 aliphatic heterocycles. The number of sulfone groups is 1. The number of likely N-dealkylation sites (N-methyl/N-ethyl adjacent to an activating group) is 1. The Morgan fingerprint density at radius 1 is 1.29 bits per heavy atom. The Morgan fingerprint density at radius 3 is 2.57 bits per heavy atom. The van der Waals surface area contributed by atoms with Crippen molar-refractivity contribution in [3.05, 3.63) is 29.8 Å². The van der Waals surface area contributed by atoms with Crippen molar-refractivity contribution in [2.45, 2.75) is 11.4 Å². The van der Waals surface area contributed by atoms with E-state index in [0.717, 1.165) is 4.90 Å². The van der Waals surface area contributed by atoms with Gasteiger partial charge in [-0.1, -0.05) is 12.1 Å². The van der Waals surface area contributed by atoms with Gasteiger partial charge in [-0.2, -0.15) is 0 Å². The van der Waals surface area contributed by atoms with E-state index in [4.69, 9.17) is 5.73 Å². The molecule has 8 heteroatoms. The van der Waals surface area contributed by atoms with E-state index in [1.54, 1.807) is 12.1 Å². The van der Waals surface area contributed by atoms with E-state index in [1.165, 1.54) is 24.1 Å². The summed E-state index contributed by atoms with van der Waals surface area (Å²) in [6, 6.07) is 5.88. The zero-order valence-electron chi connectivity index (χ0n) is 11.7. The molecule has 0 unspecified atom stereocenters. The molecule has 1 aromatic rings. The van der Waals surface area contributed by atoms with E-state index >= 15 is 0 Å². The molecule has 0 bridgehead atoms. The molecular weight excluding hydrogens is 294 g/mol. The van der Waals surface area contributed by atoms with Crippen molar-refractivity contribution in [2.75, 3.05) is 25.9 Å². The molecule has 0 spiro atoms. The zero-order valence-corrected chi connectivity index (χ0v) is 12.5. The van der Waals surface area contributed by atoms with Gasteiger partial charge in [-0.3, -0.25) is 9.69 Å². The lowest BCUT2D eigenvalue weighted by atomic mass is 10.2. The summed E-state index contributed by atoms with van der Waals surface area (Å²) in [7, 11) is -2.07. The summed E-state index contributed by atoms with van der Waals surface area (Å²) in [6.45, 7) is 0.0932. The fraction of sp³-hybridized carbons (Fsp3) is 0.385. The van der Waals surface area contributed by atoms with E-state index in [9.17, 15) is 18.0 Å². The van der Waals surface area contributed by atoms with Gasteiger partial charge in [-0.05, 0) is 17.7 Å². The fourth-order valence-corrected chi connectivity index (χ4v) is 3.36. The van der Waals surface area contributed by atoms with Crippen molar-refractivity contribution in [3.63, 3.8) is 0 Å². The number of benzene rings is 1. The summed E-state index contributed by atoms with van der Waals surface area (Å²) in [6.07, 6.45) is 0. The van der Waals surface area contributed by atoms with Crippen LogP contribution in [-0.2, 0) is 21.2 Å². The fourth-order valence-electron chi connectivity index (χ4n) is 2.08. The molecule has 1 saturated heterocycles. The lowest BCUT2D eigenvalue weighted by Crippen LogP contribution is -2.35. The number of hydrogen-bond donors (Lipinski definition) is 1. The summed E-state index contributed by atoms with van der Waals surface area (Å²) < 4.78 is 24.5. The van der Waals surface area contributed by atoms with Gasteiger partial charge in [0.2, 0.25) is 5.91 Å². The molecule has 0 saturated carbocycles. The minimum absolute atomic E-state index is 0.0124. The number of nitrogens with zero attached hydrogens (tertiary/aromatic N) is 2. The van der Waals surface area contributed by atoms with Gasteiger partial charge in [-0.25, -0.2) is 13.2 Å². The molecule has 7 nitrogen and oxygen atoms in total. The van der Waals surface area contributed by atoms with Crippen LogP contribution < -0.4 is 5.73 Å². The van der Waals surface area contributed by atoms with Crippen LogP contribution in [0.4, 0.5) is 4.79 Å². The van der Waals surface area contributed by atoms with Crippen LogP contribution in [0.3, 0.4) is 0 Å². The summed E-state index contributed by atoms with van der Waals surface area (Å²) >= 11 is 0. The molecule has 0 aromatic heterocycles. The molecule has 114 valence electrons. The van der Waals surface area contributed by atoms with Crippen molar-refractivity contribution in [2.24, 2.45) is 5.73 Å². The smallest absolute Gasteiger partial charge is 0.326 e. The van der Waals surface area contributed by atoms with Crippen LogP contribution in [0.2, 0.25) is 0 Å². The molecule has 0 aliphatic carbocycles. The van der Waals surface area contributed by atoms with Crippen LogP contribution in [0.1, 0.15) is 5.56 Å². The summed E-state index contributed by atoms with van der Waals surface area (Å²) in [5, 5.41) is 0. The highest BCUT2D eigenvalue weighted by atomic mass is 32.2. The first kappa shape index (κ1) is 15.5. The Bertz CT molecular complexity index is 672. The maximum absolute atomic E-state index is 12.2. The molecule has 1 aromatic carbocycles. The Labute approximate surface area is 123 Å². The zero-order chi connectivity index (χ0) is 15.6. The summed E-state index contributed by atoms with van der Waals surface area (Å²) in [4.78, 5) is 25.7. The predicted octanol–water partition coefficient (Wildman–Crippen LogP) is -0.187. The van der Waals surface area contributed by atoms with Gasteiger partial charge in [0, 0.05) is 20.1 Å². The summed E-state index contributed by atoms with van der Waals surface area (Å²) in [5.41, 5.74) is 6.20. The van der Waals surface area contributed by atoms with Gasteiger partial charge in [0.1, 0.15) is 6.54 Å².